The number of nitrogens with zero attached hydrogens (tertiary/aromatic N) is 3. The third-order valence-corrected chi connectivity index (χ3v) is 10.1. The Balaban J connectivity index is 1.72. The molecule has 1 atom stereocenters. The second-order valence-corrected chi connectivity index (χ2v) is 13.4. The first kappa shape index (κ1) is 29.9. The van der Waals surface area contributed by atoms with Crippen LogP contribution in [0.25, 0.3) is 22.2 Å². The van der Waals surface area contributed by atoms with Crippen LogP contribution in [0.15, 0.2) is 36.4 Å². The Bertz CT molecular complexity index is 1610. The summed E-state index contributed by atoms with van der Waals surface area (Å²) in [5, 5.41) is 4.28. The average Bonchev–Trinajstić information content (AvgIpc) is 3.20. The topological polar surface area (TPSA) is 113 Å². The minimum Gasteiger partial charge on any atom is -0.497 e. The largest absolute Gasteiger partial charge is 0.497 e. The predicted molar refractivity (Wildman–Crippen MR) is 164 cm³/mol. The van der Waals surface area contributed by atoms with Crippen LogP contribution >= 0.6 is 0 Å². The van der Waals surface area contributed by atoms with Gasteiger partial charge in [-0.25, -0.2) is 9.52 Å². The van der Waals surface area contributed by atoms with E-state index in [4.69, 9.17) is 4.74 Å². The van der Waals surface area contributed by atoms with Crippen molar-refractivity contribution in [2.75, 3.05) is 34.8 Å². The van der Waals surface area contributed by atoms with E-state index in [1.807, 2.05) is 19.1 Å². The molecular weight excluding hydrogens is 554 g/mol. The van der Waals surface area contributed by atoms with Crippen LogP contribution in [0.5, 0.6) is 5.75 Å². The molecule has 11 heteroatoms. The van der Waals surface area contributed by atoms with Gasteiger partial charge in [-0.15, -0.1) is 0 Å². The molecule has 1 aliphatic heterocycles. The molecule has 226 valence electrons. The summed E-state index contributed by atoms with van der Waals surface area (Å²) >= 11 is 0. The lowest BCUT2D eigenvalue weighted by Crippen LogP contribution is -2.45. The molecule has 5 rings (SSSR count). The fraction of sp³-hybridized carbons (Fsp3) is 0.484. The number of nitrogens with one attached hydrogen (secondary N) is 2. The summed E-state index contributed by atoms with van der Waals surface area (Å²) in [6.07, 6.45) is 6.34. The molecule has 2 N–H and O–H groups in total. The highest BCUT2D eigenvalue weighted by molar-refractivity contribution is 7.87. The molecule has 1 saturated carbocycles. The van der Waals surface area contributed by atoms with E-state index in [-0.39, 0.29) is 17.6 Å². The third kappa shape index (κ3) is 5.72. The van der Waals surface area contributed by atoms with Gasteiger partial charge in [-0.05, 0) is 73.6 Å². The number of rotatable bonds is 7. The monoisotopic (exact) mass is 595 g/mol. The molecule has 1 aromatic heterocycles. The Kier molecular flexibility index (Phi) is 8.52. The molecule has 0 bridgehead atoms. The van der Waals surface area contributed by atoms with E-state index >= 15 is 0 Å². The first-order valence-electron chi connectivity index (χ1n) is 14.6. The van der Waals surface area contributed by atoms with Gasteiger partial charge in [0.15, 0.2) is 0 Å². The molecule has 2 aliphatic rings. The minimum absolute atomic E-state index is 0.145. The van der Waals surface area contributed by atoms with Crippen molar-refractivity contribution in [3.63, 3.8) is 0 Å². The van der Waals surface area contributed by atoms with Crippen LogP contribution < -0.4 is 14.8 Å². The molecule has 1 unspecified atom stereocenters. The molecule has 10 nitrogen and oxygen atoms in total. The van der Waals surface area contributed by atoms with Crippen molar-refractivity contribution in [2.24, 2.45) is 0 Å². The minimum atomic E-state index is -3.95. The standard InChI is InChI=1S/C31H41N5O5S/c1-6-35(4)31(38)32-23-16-22-17-24(41-5)13-15-25(22)29-28(20-10-8-7-9-11-20)26-14-12-21(18-27(26)36(29)19-23)30(37)33-42(39,40)34(2)3/h12-15,17-18,20,23H,6-11,16,19H2,1-5H3,(H,32,38)(H,33,37). The van der Waals surface area contributed by atoms with E-state index in [1.165, 1.54) is 26.1 Å². The number of hydrogen-bond donors (Lipinski definition) is 2. The van der Waals surface area contributed by atoms with Crippen LogP contribution in [0.1, 0.15) is 66.4 Å². The lowest BCUT2D eigenvalue weighted by molar-refractivity contribution is 0.0979. The summed E-state index contributed by atoms with van der Waals surface area (Å²) in [6.45, 7) is 3.02. The number of amides is 3. The SMILES string of the molecule is CCN(C)C(=O)NC1Cc2cc(OC)ccc2-c2c(C3CCCCC3)c3ccc(C(=O)NS(=O)(=O)N(C)C)cc3n2C1. The van der Waals surface area contributed by atoms with E-state index in [0.29, 0.717) is 25.4 Å². The highest BCUT2D eigenvalue weighted by atomic mass is 32.2. The van der Waals surface area contributed by atoms with E-state index in [9.17, 15) is 18.0 Å². The summed E-state index contributed by atoms with van der Waals surface area (Å²) in [7, 11) is 2.22. The van der Waals surface area contributed by atoms with Crippen molar-refractivity contribution < 1.29 is 22.7 Å². The second kappa shape index (κ2) is 12.0. The van der Waals surface area contributed by atoms with Gasteiger partial charge in [0.05, 0.1) is 18.8 Å². The maximum atomic E-state index is 13.1. The van der Waals surface area contributed by atoms with E-state index < -0.39 is 16.1 Å². The summed E-state index contributed by atoms with van der Waals surface area (Å²) < 4.78 is 35.8. The van der Waals surface area contributed by atoms with Crippen molar-refractivity contribution in [3.8, 4) is 17.0 Å². The number of carbonyl (C=O) groups is 2. The van der Waals surface area contributed by atoms with Gasteiger partial charge < -0.3 is 19.5 Å². The fourth-order valence-corrected chi connectivity index (χ4v) is 6.78. The van der Waals surface area contributed by atoms with E-state index in [1.54, 1.807) is 31.2 Å². The molecular formula is C31H41N5O5S. The smallest absolute Gasteiger partial charge is 0.317 e. The van der Waals surface area contributed by atoms with Crippen LogP contribution in [0.3, 0.4) is 0 Å². The van der Waals surface area contributed by atoms with Gasteiger partial charge in [0.25, 0.3) is 5.91 Å². The molecule has 42 heavy (non-hydrogen) atoms. The summed E-state index contributed by atoms with van der Waals surface area (Å²) in [4.78, 5) is 27.8. The zero-order chi connectivity index (χ0) is 30.2. The first-order chi connectivity index (χ1) is 20.0. The van der Waals surface area contributed by atoms with E-state index in [2.05, 4.69) is 26.7 Å². The van der Waals surface area contributed by atoms with Crippen molar-refractivity contribution >= 4 is 33.1 Å². The van der Waals surface area contributed by atoms with Crippen molar-refractivity contribution in [1.29, 1.82) is 0 Å². The van der Waals surface area contributed by atoms with Gasteiger partial charge in [0.2, 0.25) is 0 Å². The van der Waals surface area contributed by atoms with E-state index in [0.717, 1.165) is 63.5 Å². The Morgan fingerprint density at radius 3 is 2.45 bits per heavy atom. The fourth-order valence-electron chi connectivity index (χ4n) is 6.24. The molecule has 3 aromatic rings. The van der Waals surface area contributed by atoms with Crippen molar-refractivity contribution in [3.05, 3.63) is 53.1 Å². The zero-order valence-electron chi connectivity index (χ0n) is 25.1. The van der Waals surface area contributed by atoms with Crippen molar-refractivity contribution in [2.45, 2.75) is 64.0 Å². The molecule has 1 aliphatic carbocycles. The Hall–Kier alpha value is -3.57. The van der Waals surface area contributed by atoms with Gasteiger partial charge >= 0.3 is 16.2 Å². The van der Waals surface area contributed by atoms with Crippen LogP contribution in [0.2, 0.25) is 0 Å². The Labute approximate surface area is 248 Å². The maximum absolute atomic E-state index is 13.1. The predicted octanol–water partition coefficient (Wildman–Crippen LogP) is 4.49. The summed E-state index contributed by atoms with van der Waals surface area (Å²) in [5.74, 6) is 0.432. The number of aromatic nitrogens is 1. The van der Waals surface area contributed by atoms with Crippen LogP contribution in [0.4, 0.5) is 4.79 Å². The van der Waals surface area contributed by atoms with Gasteiger partial charge in [-0.3, -0.25) is 4.79 Å². The zero-order valence-corrected chi connectivity index (χ0v) is 25.9. The maximum Gasteiger partial charge on any atom is 0.317 e. The lowest BCUT2D eigenvalue weighted by atomic mass is 9.81. The number of hydrogen-bond acceptors (Lipinski definition) is 5. The Morgan fingerprint density at radius 1 is 1.05 bits per heavy atom. The number of urea groups is 1. The lowest BCUT2D eigenvalue weighted by Gasteiger charge is -2.24. The highest BCUT2D eigenvalue weighted by Crippen LogP contribution is 2.46. The molecule has 2 heterocycles. The van der Waals surface area contributed by atoms with Crippen LogP contribution in [0, 0.1) is 0 Å². The highest BCUT2D eigenvalue weighted by Gasteiger charge is 2.32. The quantitative estimate of drug-likeness (QED) is 0.418. The molecule has 3 amide bonds. The molecule has 0 radical (unpaired) electrons. The summed E-state index contributed by atoms with van der Waals surface area (Å²) in [5.41, 5.74) is 5.67. The third-order valence-electron chi connectivity index (χ3n) is 8.67. The van der Waals surface area contributed by atoms with Gasteiger partial charge in [0.1, 0.15) is 5.75 Å². The molecule has 1 fully saturated rings. The number of methoxy groups -OCH3 is 1. The second-order valence-electron chi connectivity index (χ2n) is 11.5. The van der Waals surface area contributed by atoms with Gasteiger partial charge in [-0.1, -0.05) is 25.3 Å². The molecule has 2 aromatic carbocycles. The van der Waals surface area contributed by atoms with Crippen LogP contribution in [-0.2, 0) is 23.2 Å². The summed E-state index contributed by atoms with van der Waals surface area (Å²) in [6, 6.07) is 11.2. The normalized spacial score (nSPS) is 17.3. The first-order valence-corrected chi connectivity index (χ1v) is 16.1. The number of fused-ring (bicyclic) bond motifs is 5. The van der Waals surface area contributed by atoms with Crippen molar-refractivity contribution in [1.82, 2.24) is 23.8 Å². The number of carbonyl (C=O) groups excluding carboxylic acids is 2. The Morgan fingerprint density at radius 2 is 1.79 bits per heavy atom. The molecule has 0 spiro atoms. The number of benzene rings is 2. The van der Waals surface area contributed by atoms with Gasteiger partial charge in [-0.2, -0.15) is 12.7 Å². The average molecular weight is 596 g/mol. The van der Waals surface area contributed by atoms with Crippen LogP contribution in [-0.4, -0.2) is 75.0 Å². The molecule has 0 saturated heterocycles. The van der Waals surface area contributed by atoms with Gasteiger partial charge in [0, 0.05) is 56.3 Å². The number of ether oxygens (including phenoxy) is 1.